The molecular formula is C15H18N2. The van der Waals surface area contributed by atoms with Gasteiger partial charge < -0.3 is 5.73 Å². The Bertz CT molecular complexity index is 545. The average molecular weight is 226 g/mol. The zero-order valence-electron chi connectivity index (χ0n) is 10.8. The van der Waals surface area contributed by atoms with Crippen LogP contribution in [0.25, 0.3) is 11.1 Å². The summed E-state index contributed by atoms with van der Waals surface area (Å²) in [6.45, 7) is 8.62. The van der Waals surface area contributed by atoms with E-state index in [4.69, 9.17) is 5.73 Å². The Kier molecular flexibility index (Phi) is 2.88. The molecule has 0 aliphatic carbocycles. The highest BCUT2D eigenvalue weighted by Gasteiger charge is 2.10. The fourth-order valence-electron chi connectivity index (χ4n) is 2.25. The standard InChI is InChI=1S/C15H18N2/c1-9-7-10(2)12(4)15(11(9)3)13-5-6-17-14(16)8-13/h5-8H,1-4H3,(H2,16,17). The van der Waals surface area contributed by atoms with Crippen LogP contribution in [0.1, 0.15) is 22.3 Å². The summed E-state index contributed by atoms with van der Waals surface area (Å²) >= 11 is 0. The summed E-state index contributed by atoms with van der Waals surface area (Å²) in [5, 5.41) is 0. The highest BCUT2D eigenvalue weighted by atomic mass is 14.8. The maximum atomic E-state index is 5.76. The molecule has 0 saturated heterocycles. The van der Waals surface area contributed by atoms with Gasteiger partial charge in [0.2, 0.25) is 0 Å². The number of nitrogens with zero attached hydrogens (tertiary/aromatic N) is 1. The number of aromatic nitrogens is 1. The van der Waals surface area contributed by atoms with E-state index in [0.29, 0.717) is 5.82 Å². The summed E-state index contributed by atoms with van der Waals surface area (Å²) in [6, 6.07) is 6.19. The molecule has 2 rings (SSSR count). The topological polar surface area (TPSA) is 38.9 Å². The number of aryl methyl sites for hydroxylation is 2. The van der Waals surface area contributed by atoms with Crippen LogP contribution in [0, 0.1) is 27.7 Å². The van der Waals surface area contributed by atoms with Crippen molar-refractivity contribution in [1.82, 2.24) is 4.98 Å². The van der Waals surface area contributed by atoms with E-state index in [1.807, 2.05) is 12.1 Å². The molecule has 0 aliphatic rings. The van der Waals surface area contributed by atoms with Crippen molar-refractivity contribution in [2.24, 2.45) is 0 Å². The second-order valence-electron chi connectivity index (χ2n) is 4.60. The number of anilines is 1. The van der Waals surface area contributed by atoms with Crippen molar-refractivity contribution in [1.29, 1.82) is 0 Å². The number of hydrogen-bond acceptors (Lipinski definition) is 2. The lowest BCUT2D eigenvalue weighted by Crippen LogP contribution is -1.96. The fourth-order valence-corrected chi connectivity index (χ4v) is 2.25. The third-order valence-electron chi connectivity index (χ3n) is 3.44. The number of benzene rings is 1. The zero-order chi connectivity index (χ0) is 12.6. The summed E-state index contributed by atoms with van der Waals surface area (Å²) in [6.07, 6.45) is 1.77. The van der Waals surface area contributed by atoms with Crippen molar-refractivity contribution in [3.8, 4) is 11.1 Å². The van der Waals surface area contributed by atoms with Crippen LogP contribution in [-0.2, 0) is 0 Å². The summed E-state index contributed by atoms with van der Waals surface area (Å²) < 4.78 is 0. The van der Waals surface area contributed by atoms with E-state index in [2.05, 4.69) is 38.7 Å². The summed E-state index contributed by atoms with van der Waals surface area (Å²) in [5.41, 5.74) is 13.5. The maximum Gasteiger partial charge on any atom is 0.123 e. The van der Waals surface area contributed by atoms with Gasteiger partial charge in [-0.2, -0.15) is 0 Å². The average Bonchev–Trinajstić information content (AvgIpc) is 2.27. The minimum atomic E-state index is 0.570. The van der Waals surface area contributed by atoms with Crippen molar-refractivity contribution in [3.63, 3.8) is 0 Å². The van der Waals surface area contributed by atoms with Crippen LogP contribution in [0.5, 0.6) is 0 Å². The highest BCUT2D eigenvalue weighted by molar-refractivity contribution is 5.74. The second-order valence-corrected chi connectivity index (χ2v) is 4.60. The lowest BCUT2D eigenvalue weighted by Gasteiger charge is -2.15. The van der Waals surface area contributed by atoms with E-state index in [9.17, 15) is 0 Å². The van der Waals surface area contributed by atoms with Gasteiger partial charge in [0.05, 0.1) is 0 Å². The number of nitrogen functional groups attached to an aromatic ring is 1. The first-order valence-electron chi connectivity index (χ1n) is 5.80. The lowest BCUT2D eigenvalue weighted by atomic mass is 9.90. The lowest BCUT2D eigenvalue weighted by molar-refractivity contribution is 1.24. The van der Waals surface area contributed by atoms with Crippen LogP contribution in [0.3, 0.4) is 0 Å². The van der Waals surface area contributed by atoms with E-state index in [1.54, 1.807) is 6.20 Å². The van der Waals surface area contributed by atoms with Gasteiger partial charge in [-0.1, -0.05) is 6.07 Å². The predicted molar refractivity (Wildman–Crippen MR) is 73.0 cm³/mol. The molecule has 2 nitrogen and oxygen atoms in total. The molecule has 0 fully saturated rings. The number of hydrogen-bond donors (Lipinski definition) is 1. The number of pyridine rings is 1. The van der Waals surface area contributed by atoms with Gasteiger partial charge in [-0.15, -0.1) is 0 Å². The van der Waals surface area contributed by atoms with E-state index in [1.165, 1.54) is 27.8 Å². The van der Waals surface area contributed by atoms with Crippen molar-refractivity contribution < 1.29 is 0 Å². The molecule has 88 valence electrons. The molecule has 0 atom stereocenters. The smallest absolute Gasteiger partial charge is 0.123 e. The first-order valence-corrected chi connectivity index (χ1v) is 5.80. The quantitative estimate of drug-likeness (QED) is 0.807. The molecule has 1 aromatic heterocycles. The number of nitrogens with two attached hydrogens (primary N) is 1. The van der Waals surface area contributed by atoms with E-state index in [-0.39, 0.29) is 0 Å². The Balaban J connectivity index is 2.75. The SMILES string of the molecule is Cc1cc(C)c(C)c(-c2ccnc(N)c2)c1C. The van der Waals surface area contributed by atoms with Crippen molar-refractivity contribution in [3.05, 3.63) is 46.6 Å². The monoisotopic (exact) mass is 226 g/mol. The second kappa shape index (κ2) is 4.21. The molecule has 17 heavy (non-hydrogen) atoms. The van der Waals surface area contributed by atoms with Crippen molar-refractivity contribution >= 4 is 5.82 Å². The van der Waals surface area contributed by atoms with Gasteiger partial charge in [0, 0.05) is 6.20 Å². The van der Waals surface area contributed by atoms with Crippen LogP contribution >= 0.6 is 0 Å². The molecule has 2 aromatic rings. The van der Waals surface area contributed by atoms with Crippen LogP contribution in [-0.4, -0.2) is 4.98 Å². The Morgan fingerprint density at radius 2 is 1.53 bits per heavy atom. The van der Waals surface area contributed by atoms with Gasteiger partial charge in [0.1, 0.15) is 5.82 Å². The van der Waals surface area contributed by atoms with Gasteiger partial charge in [-0.3, -0.25) is 0 Å². The molecule has 0 aliphatic heterocycles. The van der Waals surface area contributed by atoms with E-state index in [0.717, 1.165) is 5.56 Å². The molecule has 0 bridgehead atoms. The molecule has 1 aromatic carbocycles. The Morgan fingerprint density at radius 1 is 0.941 bits per heavy atom. The summed E-state index contributed by atoms with van der Waals surface area (Å²) in [7, 11) is 0. The normalized spacial score (nSPS) is 10.6. The molecule has 2 N–H and O–H groups in total. The first-order chi connectivity index (χ1) is 8.00. The molecule has 0 unspecified atom stereocenters. The van der Waals surface area contributed by atoms with Crippen LogP contribution in [0.2, 0.25) is 0 Å². The Hall–Kier alpha value is -1.83. The Morgan fingerprint density at radius 3 is 2.06 bits per heavy atom. The fraction of sp³-hybridized carbons (Fsp3) is 0.267. The Labute approximate surface area is 103 Å². The van der Waals surface area contributed by atoms with E-state index >= 15 is 0 Å². The highest BCUT2D eigenvalue weighted by Crippen LogP contribution is 2.31. The minimum absolute atomic E-state index is 0.570. The summed E-state index contributed by atoms with van der Waals surface area (Å²) in [4.78, 5) is 4.05. The molecular weight excluding hydrogens is 208 g/mol. The minimum Gasteiger partial charge on any atom is -0.384 e. The van der Waals surface area contributed by atoms with Gasteiger partial charge >= 0.3 is 0 Å². The van der Waals surface area contributed by atoms with Crippen molar-refractivity contribution in [2.75, 3.05) is 5.73 Å². The molecule has 2 heteroatoms. The van der Waals surface area contributed by atoms with E-state index < -0.39 is 0 Å². The molecule has 0 saturated carbocycles. The third-order valence-corrected chi connectivity index (χ3v) is 3.44. The molecule has 1 heterocycles. The summed E-state index contributed by atoms with van der Waals surface area (Å²) in [5.74, 6) is 0.570. The largest absolute Gasteiger partial charge is 0.384 e. The van der Waals surface area contributed by atoms with Gasteiger partial charge in [0.25, 0.3) is 0 Å². The van der Waals surface area contributed by atoms with Crippen molar-refractivity contribution in [2.45, 2.75) is 27.7 Å². The number of rotatable bonds is 1. The molecule has 0 spiro atoms. The van der Waals surface area contributed by atoms with Crippen LogP contribution < -0.4 is 5.73 Å². The molecule has 0 radical (unpaired) electrons. The van der Waals surface area contributed by atoms with Gasteiger partial charge in [-0.05, 0) is 73.2 Å². The van der Waals surface area contributed by atoms with Crippen LogP contribution in [0.15, 0.2) is 24.4 Å². The molecule has 0 amide bonds. The van der Waals surface area contributed by atoms with Crippen LogP contribution in [0.4, 0.5) is 5.82 Å². The predicted octanol–water partition coefficient (Wildman–Crippen LogP) is 3.56. The first kappa shape index (κ1) is 11.6. The zero-order valence-corrected chi connectivity index (χ0v) is 10.8. The van der Waals surface area contributed by atoms with Gasteiger partial charge in [-0.25, -0.2) is 4.98 Å². The van der Waals surface area contributed by atoms with Gasteiger partial charge in [0.15, 0.2) is 0 Å². The maximum absolute atomic E-state index is 5.76. The third kappa shape index (κ3) is 2.03.